The fourth-order valence-corrected chi connectivity index (χ4v) is 3.43. The van der Waals surface area contributed by atoms with E-state index in [2.05, 4.69) is 29.0 Å². The van der Waals surface area contributed by atoms with Crippen LogP contribution in [-0.2, 0) is 11.2 Å². The molecule has 3 rings (SSSR count). The lowest BCUT2D eigenvalue weighted by molar-refractivity contribution is 0.107. The molecule has 1 N–H and O–H groups in total. The number of likely N-dealkylation sites (tertiary alicyclic amines) is 1. The Kier molecular flexibility index (Phi) is 7.43. The summed E-state index contributed by atoms with van der Waals surface area (Å²) in [5.41, 5.74) is 0.273. The molecule has 1 aliphatic heterocycles. The Bertz CT molecular complexity index is 1060. The number of aromatic nitrogens is 2. The number of nitrogens with one attached hydrogen (secondary N) is 1. The molecule has 2 aromatic rings. The van der Waals surface area contributed by atoms with Crippen LogP contribution in [0.3, 0.4) is 0 Å². The molecule has 0 radical (unpaired) electrons. The fourth-order valence-electron chi connectivity index (χ4n) is 3.43. The van der Waals surface area contributed by atoms with Crippen LogP contribution < -0.4 is 16.0 Å². The molecular formula is C21H28N4O6. The Morgan fingerprint density at radius 3 is 2.74 bits per heavy atom. The summed E-state index contributed by atoms with van der Waals surface area (Å²) in [6, 6.07) is 1.19. The average molecular weight is 432 g/mol. The van der Waals surface area contributed by atoms with Gasteiger partial charge in [0.2, 0.25) is 5.71 Å². The highest BCUT2D eigenvalue weighted by Gasteiger charge is 2.21. The lowest BCUT2D eigenvalue weighted by Gasteiger charge is -2.26. The third-order valence-electron chi connectivity index (χ3n) is 5.03. The van der Waals surface area contributed by atoms with E-state index in [0.29, 0.717) is 50.4 Å². The van der Waals surface area contributed by atoms with Crippen molar-refractivity contribution < 1.29 is 18.8 Å². The van der Waals surface area contributed by atoms with Crippen molar-refractivity contribution in [3.8, 4) is 6.01 Å². The van der Waals surface area contributed by atoms with Gasteiger partial charge in [0.05, 0.1) is 12.3 Å². The minimum Gasteiger partial charge on any atom is -0.450 e. The van der Waals surface area contributed by atoms with Gasteiger partial charge in [-0.1, -0.05) is 25.4 Å². The summed E-state index contributed by atoms with van der Waals surface area (Å²) in [6.07, 6.45) is 3.12. The predicted molar refractivity (Wildman–Crippen MR) is 115 cm³/mol. The lowest BCUT2D eigenvalue weighted by Crippen LogP contribution is -2.39. The van der Waals surface area contributed by atoms with Crippen LogP contribution in [-0.4, -0.2) is 46.4 Å². The van der Waals surface area contributed by atoms with E-state index in [1.807, 2.05) is 0 Å². The molecule has 3 heterocycles. The molecule has 1 aliphatic rings. The van der Waals surface area contributed by atoms with Crippen molar-refractivity contribution in [2.75, 3.05) is 19.7 Å². The minimum atomic E-state index is -0.561. The summed E-state index contributed by atoms with van der Waals surface area (Å²) in [6.45, 7) is 7.27. The van der Waals surface area contributed by atoms with Crippen LogP contribution in [0.25, 0.3) is 11.1 Å². The minimum absolute atomic E-state index is 0.0665. The number of ether oxygens (including phenoxy) is 1. The van der Waals surface area contributed by atoms with Crippen molar-refractivity contribution in [3.63, 3.8) is 0 Å². The Balaban J connectivity index is 1.73. The molecule has 0 aliphatic carbocycles. The maximum Gasteiger partial charge on any atom is 0.409 e. The Hall–Kier alpha value is -3.17. The lowest BCUT2D eigenvalue weighted by atomic mass is 10.0. The third kappa shape index (κ3) is 5.93. The molecular weight excluding hydrogens is 404 g/mol. The van der Waals surface area contributed by atoms with E-state index >= 15 is 0 Å². The molecule has 31 heavy (non-hydrogen) atoms. The molecule has 0 saturated carbocycles. The first-order valence-electron chi connectivity index (χ1n) is 10.6. The Labute approximate surface area is 179 Å². The van der Waals surface area contributed by atoms with Crippen molar-refractivity contribution >= 4 is 22.9 Å². The van der Waals surface area contributed by atoms with Crippen LogP contribution in [0.4, 0.5) is 4.79 Å². The van der Waals surface area contributed by atoms with E-state index in [1.54, 1.807) is 11.8 Å². The van der Waals surface area contributed by atoms with Gasteiger partial charge in [-0.05, 0) is 31.2 Å². The summed E-state index contributed by atoms with van der Waals surface area (Å²) in [5, 5.41) is 4.30. The molecule has 0 aromatic carbocycles. The Morgan fingerprint density at radius 1 is 1.32 bits per heavy atom. The third-order valence-corrected chi connectivity index (χ3v) is 5.03. The van der Waals surface area contributed by atoms with Gasteiger partial charge in [-0.25, -0.2) is 9.59 Å². The number of nitrogens with zero attached hydrogens (tertiary/aromatic N) is 3. The van der Waals surface area contributed by atoms with Gasteiger partial charge in [-0.3, -0.25) is 9.78 Å². The number of carbonyl (C=O) groups excluding carboxylic acids is 1. The number of carbonyl (C=O) groups is 1. The number of H-pyrrole nitrogens is 1. The topological polar surface area (TPSA) is 127 Å². The molecule has 1 saturated heterocycles. The molecule has 1 fully saturated rings. The number of rotatable bonds is 7. The number of aromatic amines is 1. The van der Waals surface area contributed by atoms with Gasteiger partial charge in [0.1, 0.15) is 5.39 Å². The first kappa shape index (κ1) is 22.5. The van der Waals surface area contributed by atoms with E-state index < -0.39 is 11.2 Å². The number of amides is 1. The standard InChI is InChI=1S/C21H28N4O6/c1-4-29-21(28)25-10-8-15(9-11-25)24-31-20-22-18(27)17-14(7-5-6-13(2)3)12-16(26)30-19(17)23-20/h12-13H,4-11H2,1-3H3,(H,22,23,27). The van der Waals surface area contributed by atoms with Gasteiger partial charge < -0.3 is 18.9 Å². The van der Waals surface area contributed by atoms with E-state index in [0.717, 1.165) is 18.6 Å². The second-order valence-corrected chi connectivity index (χ2v) is 7.86. The summed E-state index contributed by atoms with van der Waals surface area (Å²) in [5.74, 6) is 0.533. The summed E-state index contributed by atoms with van der Waals surface area (Å²) >= 11 is 0. The predicted octanol–water partition coefficient (Wildman–Crippen LogP) is 2.84. The molecule has 0 atom stereocenters. The molecule has 10 heteroatoms. The van der Waals surface area contributed by atoms with Gasteiger partial charge >= 0.3 is 17.7 Å². The van der Waals surface area contributed by atoms with Crippen LogP contribution in [0.2, 0.25) is 0 Å². The smallest absolute Gasteiger partial charge is 0.409 e. The second-order valence-electron chi connectivity index (χ2n) is 7.86. The monoisotopic (exact) mass is 432 g/mol. The summed E-state index contributed by atoms with van der Waals surface area (Å²) in [7, 11) is 0. The average Bonchev–Trinajstić information content (AvgIpc) is 2.72. The highest BCUT2D eigenvalue weighted by molar-refractivity contribution is 5.86. The quantitative estimate of drug-likeness (QED) is 0.666. The zero-order valence-electron chi connectivity index (χ0n) is 18.1. The zero-order chi connectivity index (χ0) is 22.4. The largest absolute Gasteiger partial charge is 0.450 e. The number of fused-ring (bicyclic) bond motifs is 1. The summed E-state index contributed by atoms with van der Waals surface area (Å²) in [4.78, 5) is 49.9. The van der Waals surface area contributed by atoms with E-state index in [1.165, 1.54) is 6.07 Å². The van der Waals surface area contributed by atoms with Gasteiger partial charge in [0.25, 0.3) is 5.56 Å². The van der Waals surface area contributed by atoms with Gasteiger partial charge in [-0.2, -0.15) is 4.98 Å². The molecule has 1 amide bonds. The first-order chi connectivity index (χ1) is 14.9. The highest BCUT2D eigenvalue weighted by atomic mass is 16.6. The number of hydrogen-bond acceptors (Lipinski definition) is 8. The van der Waals surface area contributed by atoms with Crippen LogP contribution >= 0.6 is 0 Å². The number of piperidine rings is 1. The van der Waals surface area contributed by atoms with E-state index in [4.69, 9.17) is 14.0 Å². The van der Waals surface area contributed by atoms with Crippen LogP contribution in [0.1, 0.15) is 52.0 Å². The van der Waals surface area contributed by atoms with Gasteiger partial charge in [0.15, 0.2) is 0 Å². The number of aryl methyl sites for hydroxylation is 1. The second kappa shape index (κ2) is 10.2. The normalized spacial score (nSPS) is 14.2. The first-order valence-corrected chi connectivity index (χ1v) is 10.6. The van der Waals surface area contributed by atoms with Crippen LogP contribution in [0, 0.1) is 5.92 Å². The van der Waals surface area contributed by atoms with Crippen molar-refractivity contribution in [3.05, 3.63) is 32.4 Å². The van der Waals surface area contributed by atoms with Gasteiger partial charge in [-0.15, -0.1) is 0 Å². The highest BCUT2D eigenvalue weighted by Crippen LogP contribution is 2.17. The van der Waals surface area contributed by atoms with Crippen molar-refractivity contribution in [1.82, 2.24) is 14.9 Å². The fraction of sp³-hybridized carbons (Fsp3) is 0.571. The van der Waals surface area contributed by atoms with Gasteiger partial charge in [0, 0.05) is 32.0 Å². The molecule has 10 nitrogen and oxygen atoms in total. The SMILES string of the molecule is CCOC(=O)N1CCC(=NOc2nc3oc(=O)cc(CCCC(C)C)c3c(=O)[nH]2)CC1. The van der Waals surface area contributed by atoms with E-state index in [-0.39, 0.29) is 23.2 Å². The summed E-state index contributed by atoms with van der Waals surface area (Å²) < 4.78 is 10.1. The van der Waals surface area contributed by atoms with Crippen molar-refractivity contribution in [1.29, 1.82) is 0 Å². The maximum absolute atomic E-state index is 12.6. The van der Waals surface area contributed by atoms with Crippen LogP contribution in [0.15, 0.2) is 25.2 Å². The number of oxime groups is 1. The molecule has 0 bridgehead atoms. The van der Waals surface area contributed by atoms with Crippen molar-refractivity contribution in [2.45, 2.75) is 52.9 Å². The van der Waals surface area contributed by atoms with Crippen LogP contribution in [0.5, 0.6) is 6.01 Å². The van der Waals surface area contributed by atoms with E-state index in [9.17, 15) is 14.4 Å². The molecule has 2 aromatic heterocycles. The molecule has 0 unspecified atom stereocenters. The zero-order valence-corrected chi connectivity index (χ0v) is 18.1. The molecule has 168 valence electrons. The number of hydrogen-bond donors (Lipinski definition) is 1. The Morgan fingerprint density at radius 2 is 2.06 bits per heavy atom. The molecule has 0 spiro atoms. The van der Waals surface area contributed by atoms with Crippen molar-refractivity contribution in [2.24, 2.45) is 11.1 Å². The maximum atomic E-state index is 12.6.